The Morgan fingerprint density at radius 1 is 1.00 bits per heavy atom. The molecule has 1 saturated carbocycles. The third kappa shape index (κ3) is 5.25. The number of nitro benzene ring substituents is 1. The third-order valence-electron chi connectivity index (χ3n) is 5.94. The molecule has 1 aliphatic carbocycles. The van der Waals surface area contributed by atoms with Crippen molar-refractivity contribution in [2.45, 2.75) is 49.3 Å². The lowest BCUT2D eigenvalue weighted by Gasteiger charge is -2.37. The van der Waals surface area contributed by atoms with Gasteiger partial charge in [0.25, 0.3) is 5.69 Å². The Labute approximate surface area is 187 Å². The molecule has 0 unspecified atom stereocenters. The van der Waals surface area contributed by atoms with Crippen LogP contribution in [0.5, 0.6) is 0 Å². The number of carbonyl (C=O) groups excluding carboxylic acids is 1. The molecule has 0 saturated heterocycles. The summed E-state index contributed by atoms with van der Waals surface area (Å²) >= 11 is 0. The highest BCUT2D eigenvalue weighted by atomic mass is 32.2. The fourth-order valence-corrected chi connectivity index (χ4v) is 5.53. The average molecular weight is 462 g/mol. The number of nitro groups is 1. The highest BCUT2D eigenvalue weighted by Gasteiger charge is 2.36. The number of para-hydroxylation sites is 1. The topological polar surface area (TPSA) is 110 Å². The molecule has 172 valence electrons. The van der Waals surface area contributed by atoms with Crippen molar-refractivity contribution in [3.8, 4) is 0 Å². The van der Waals surface area contributed by atoms with Crippen molar-refractivity contribution in [1.29, 1.82) is 0 Å². The SMILES string of the molecule is CN(C(=O)OCc1ccccc1)C1CCC(N(C)S(=O)(=O)c2ccccc2[N+](=O)[O-])CC1. The van der Waals surface area contributed by atoms with Crippen LogP contribution < -0.4 is 0 Å². The first kappa shape index (κ1) is 23.7. The molecule has 2 aromatic rings. The molecule has 0 aliphatic heterocycles. The number of rotatable bonds is 7. The lowest BCUT2D eigenvalue weighted by molar-refractivity contribution is -0.387. The van der Waals surface area contributed by atoms with Gasteiger partial charge in [0.1, 0.15) is 6.61 Å². The minimum absolute atomic E-state index is 0.0586. The van der Waals surface area contributed by atoms with Crippen molar-refractivity contribution >= 4 is 21.8 Å². The van der Waals surface area contributed by atoms with E-state index in [1.165, 1.54) is 35.6 Å². The molecule has 1 fully saturated rings. The molecule has 0 bridgehead atoms. The van der Waals surface area contributed by atoms with Gasteiger partial charge in [-0.3, -0.25) is 10.1 Å². The van der Waals surface area contributed by atoms with Gasteiger partial charge in [-0.2, -0.15) is 4.31 Å². The largest absolute Gasteiger partial charge is 0.445 e. The van der Waals surface area contributed by atoms with Crippen molar-refractivity contribution in [3.63, 3.8) is 0 Å². The molecule has 0 N–H and O–H groups in total. The summed E-state index contributed by atoms with van der Waals surface area (Å²) in [5.41, 5.74) is 0.466. The van der Waals surface area contributed by atoms with E-state index in [0.717, 1.165) is 5.56 Å². The highest BCUT2D eigenvalue weighted by molar-refractivity contribution is 7.89. The molecule has 0 atom stereocenters. The van der Waals surface area contributed by atoms with Gasteiger partial charge in [0, 0.05) is 32.2 Å². The Hall–Kier alpha value is -2.98. The maximum Gasteiger partial charge on any atom is 0.410 e. The Balaban J connectivity index is 1.59. The Morgan fingerprint density at radius 2 is 1.56 bits per heavy atom. The van der Waals surface area contributed by atoms with Crippen LogP contribution in [0.2, 0.25) is 0 Å². The lowest BCUT2D eigenvalue weighted by Crippen LogP contribution is -2.45. The van der Waals surface area contributed by atoms with E-state index in [1.54, 1.807) is 11.9 Å². The van der Waals surface area contributed by atoms with Gasteiger partial charge >= 0.3 is 6.09 Å². The van der Waals surface area contributed by atoms with Crippen LogP contribution in [-0.4, -0.2) is 54.8 Å². The molecular weight excluding hydrogens is 434 g/mol. The first-order valence-electron chi connectivity index (χ1n) is 10.4. The minimum Gasteiger partial charge on any atom is -0.445 e. The van der Waals surface area contributed by atoms with Crippen LogP contribution in [0.3, 0.4) is 0 Å². The minimum atomic E-state index is -4.02. The van der Waals surface area contributed by atoms with E-state index >= 15 is 0 Å². The summed E-state index contributed by atoms with van der Waals surface area (Å²) < 4.78 is 32.7. The number of ether oxygens (including phenoxy) is 1. The van der Waals surface area contributed by atoms with Crippen LogP contribution in [0.25, 0.3) is 0 Å². The predicted molar refractivity (Wildman–Crippen MR) is 118 cm³/mol. The summed E-state index contributed by atoms with van der Waals surface area (Å²) in [5.74, 6) is 0. The summed E-state index contributed by atoms with van der Waals surface area (Å²) in [6, 6.07) is 14.4. The standard InChI is InChI=1S/C22H27N3O6S/c1-23(22(26)31-16-17-8-4-3-5-9-17)18-12-14-19(15-13-18)24(2)32(29,30)21-11-7-6-10-20(21)25(27)28/h3-11,18-19H,12-16H2,1-2H3. The molecule has 10 heteroatoms. The zero-order chi connectivity index (χ0) is 23.3. The smallest absolute Gasteiger partial charge is 0.410 e. The Bertz CT molecular complexity index is 1050. The first-order chi connectivity index (χ1) is 15.2. The van der Waals surface area contributed by atoms with Crippen LogP contribution in [0.4, 0.5) is 10.5 Å². The van der Waals surface area contributed by atoms with E-state index in [0.29, 0.717) is 25.7 Å². The molecule has 3 rings (SSSR count). The van der Waals surface area contributed by atoms with E-state index in [-0.39, 0.29) is 23.6 Å². The number of sulfonamides is 1. The van der Waals surface area contributed by atoms with Crippen LogP contribution in [0.1, 0.15) is 31.2 Å². The molecular formula is C22H27N3O6S. The average Bonchev–Trinajstić information content (AvgIpc) is 2.82. The highest BCUT2D eigenvalue weighted by Crippen LogP contribution is 2.32. The number of benzene rings is 2. The van der Waals surface area contributed by atoms with Crippen LogP contribution in [0, 0.1) is 10.1 Å². The lowest BCUT2D eigenvalue weighted by atomic mass is 9.90. The maximum atomic E-state index is 13.0. The molecule has 1 amide bonds. The van der Waals surface area contributed by atoms with Crippen molar-refractivity contribution in [2.75, 3.05) is 14.1 Å². The van der Waals surface area contributed by atoms with Crippen LogP contribution in [0.15, 0.2) is 59.5 Å². The van der Waals surface area contributed by atoms with Gasteiger partial charge in [0.15, 0.2) is 4.90 Å². The fourth-order valence-electron chi connectivity index (χ4n) is 3.96. The number of nitrogens with zero attached hydrogens (tertiary/aromatic N) is 3. The van der Waals surface area contributed by atoms with Gasteiger partial charge in [-0.1, -0.05) is 42.5 Å². The van der Waals surface area contributed by atoms with Gasteiger partial charge in [-0.05, 0) is 37.3 Å². The van der Waals surface area contributed by atoms with Gasteiger partial charge < -0.3 is 9.64 Å². The predicted octanol–water partition coefficient (Wildman–Crippen LogP) is 3.80. The summed E-state index contributed by atoms with van der Waals surface area (Å²) in [7, 11) is -0.881. The Kier molecular flexibility index (Phi) is 7.47. The number of amides is 1. The summed E-state index contributed by atoms with van der Waals surface area (Å²) in [6.07, 6.45) is 1.88. The number of hydrogen-bond donors (Lipinski definition) is 0. The van der Waals surface area contributed by atoms with E-state index in [1.807, 2.05) is 30.3 Å². The fraction of sp³-hybridized carbons (Fsp3) is 0.409. The third-order valence-corrected chi connectivity index (χ3v) is 7.90. The normalized spacial score (nSPS) is 18.8. The van der Waals surface area contributed by atoms with Crippen molar-refractivity contribution in [3.05, 3.63) is 70.3 Å². The molecule has 32 heavy (non-hydrogen) atoms. The second kappa shape index (κ2) is 10.1. The van der Waals surface area contributed by atoms with Gasteiger partial charge in [-0.15, -0.1) is 0 Å². The zero-order valence-electron chi connectivity index (χ0n) is 18.1. The summed E-state index contributed by atoms with van der Waals surface area (Å²) in [5, 5.41) is 11.3. The first-order valence-corrected chi connectivity index (χ1v) is 11.8. The van der Waals surface area contributed by atoms with E-state index in [4.69, 9.17) is 4.74 Å². The molecule has 0 radical (unpaired) electrons. The van der Waals surface area contributed by atoms with E-state index < -0.39 is 26.7 Å². The van der Waals surface area contributed by atoms with Crippen LogP contribution in [-0.2, 0) is 21.4 Å². The summed E-state index contributed by atoms with van der Waals surface area (Å²) in [4.78, 5) is 24.2. The molecule has 0 heterocycles. The molecule has 9 nitrogen and oxygen atoms in total. The second-order valence-electron chi connectivity index (χ2n) is 7.86. The molecule has 1 aliphatic rings. The summed E-state index contributed by atoms with van der Waals surface area (Å²) in [6.45, 7) is 0.191. The van der Waals surface area contributed by atoms with Gasteiger partial charge in [0.05, 0.1) is 4.92 Å². The van der Waals surface area contributed by atoms with E-state index in [2.05, 4.69) is 0 Å². The molecule has 0 aromatic heterocycles. The number of hydrogen-bond acceptors (Lipinski definition) is 6. The molecule has 2 aromatic carbocycles. The van der Waals surface area contributed by atoms with Gasteiger partial charge in [-0.25, -0.2) is 13.2 Å². The van der Waals surface area contributed by atoms with Crippen molar-refractivity contribution in [1.82, 2.24) is 9.21 Å². The maximum absolute atomic E-state index is 13.0. The van der Waals surface area contributed by atoms with Crippen molar-refractivity contribution in [2.24, 2.45) is 0 Å². The van der Waals surface area contributed by atoms with Crippen LogP contribution >= 0.6 is 0 Å². The monoisotopic (exact) mass is 461 g/mol. The second-order valence-corrected chi connectivity index (χ2v) is 9.83. The Morgan fingerprint density at radius 3 is 2.19 bits per heavy atom. The van der Waals surface area contributed by atoms with Gasteiger partial charge in [0.2, 0.25) is 10.0 Å². The van der Waals surface area contributed by atoms with Crippen molar-refractivity contribution < 1.29 is 22.9 Å². The molecule has 0 spiro atoms. The number of carbonyl (C=O) groups is 1. The quantitative estimate of drug-likeness (QED) is 0.458. The van der Waals surface area contributed by atoms with E-state index in [9.17, 15) is 23.3 Å². The zero-order valence-corrected chi connectivity index (χ0v) is 18.9.